The number of hydrogen-bond donors (Lipinski definition) is 1. The van der Waals surface area contributed by atoms with Gasteiger partial charge in [0, 0.05) is 11.8 Å². The zero-order valence-corrected chi connectivity index (χ0v) is 17.5. The molecule has 2 aromatic carbocycles. The number of hydrogen-bond acceptors (Lipinski definition) is 6. The van der Waals surface area contributed by atoms with E-state index in [2.05, 4.69) is 15.4 Å². The minimum absolute atomic E-state index is 0.0658. The maximum absolute atomic E-state index is 13.1. The molecule has 4 aromatic rings. The number of carbonyl (C=O) groups excluding carboxylic acids is 1. The first-order valence-electron chi connectivity index (χ1n) is 9.21. The van der Waals surface area contributed by atoms with Gasteiger partial charge in [-0.3, -0.25) is 14.9 Å². The Kier molecular flexibility index (Phi) is 5.43. The monoisotopic (exact) mass is 460 g/mol. The average molecular weight is 460 g/mol. The van der Waals surface area contributed by atoms with E-state index >= 15 is 0 Å². The summed E-state index contributed by atoms with van der Waals surface area (Å²) in [5, 5.41) is 6.78. The van der Waals surface area contributed by atoms with E-state index in [-0.39, 0.29) is 16.5 Å². The first-order valence-corrected chi connectivity index (χ1v) is 10.0. The van der Waals surface area contributed by atoms with Crippen LogP contribution in [0.25, 0.3) is 15.9 Å². The summed E-state index contributed by atoms with van der Waals surface area (Å²) in [7, 11) is 1.50. The highest BCUT2D eigenvalue weighted by Gasteiger charge is 2.30. The van der Waals surface area contributed by atoms with Gasteiger partial charge < -0.3 is 4.74 Å². The van der Waals surface area contributed by atoms with E-state index in [4.69, 9.17) is 4.74 Å². The summed E-state index contributed by atoms with van der Waals surface area (Å²) in [6, 6.07) is 10.9. The summed E-state index contributed by atoms with van der Waals surface area (Å²) >= 11 is 1.18. The van der Waals surface area contributed by atoms with Crippen LogP contribution in [0.15, 0.2) is 53.3 Å². The van der Waals surface area contributed by atoms with Gasteiger partial charge in [0.1, 0.15) is 11.3 Å². The third-order valence-corrected chi connectivity index (χ3v) is 5.50. The second-order valence-electron chi connectivity index (χ2n) is 6.74. The van der Waals surface area contributed by atoms with Crippen molar-refractivity contribution in [1.82, 2.24) is 14.8 Å². The summed E-state index contributed by atoms with van der Waals surface area (Å²) in [5.74, 6) is -0.298. The molecule has 1 N–H and O–H groups in total. The summed E-state index contributed by atoms with van der Waals surface area (Å²) in [5.41, 5.74) is -1.12. The zero-order chi connectivity index (χ0) is 23.0. The lowest BCUT2D eigenvalue weighted by Crippen LogP contribution is -2.27. The molecule has 11 heteroatoms. The minimum Gasteiger partial charge on any atom is -0.494 e. The molecule has 0 aliphatic rings. The van der Waals surface area contributed by atoms with Gasteiger partial charge in [0.15, 0.2) is 10.8 Å². The number of rotatable bonds is 4. The van der Waals surface area contributed by atoms with E-state index < -0.39 is 28.8 Å². The molecule has 2 aromatic heterocycles. The van der Waals surface area contributed by atoms with Crippen LogP contribution < -0.4 is 15.5 Å². The number of fused-ring (bicyclic) bond motifs is 1. The lowest BCUT2D eigenvalue weighted by atomic mass is 10.2. The third-order valence-electron chi connectivity index (χ3n) is 4.56. The molecule has 0 spiro atoms. The fourth-order valence-electron chi connectivity index (χ4n) is 3.08. The molecule has 164 valence electrons. The van der Waals surface area contributed by atoms with Crippen molar-refractivity contribution in [2.75, 3.05) is 12.4 Å². The molecule has 0 bridgehead atoms. The Balaban J connectivity index is 1.70. The number of nitrogens with zero attached hydrogens (tertiary/aromatic N) is 3. The van der Waals surface area contributed by atoms with Gasteiger partial charge in [-0.2, -0.15) is 18.3 Å². The molecule has 0 radical (unpaired) electrons. The quantitative estimate of drug-likeness (QED) is 0.487. The molecule has 1 amide bonds. The van der Waals surface area contributed by atoms with Crippen molar-refractivity contribution in [3.8, 4) is 11.4 Å². The fraction of sp³-hybridized carbons (Fsp3) is 0.143. The highest BCUT2D eigenvalue weighted by atomic mass is 32.1. The molecule has 0 unspecified atom stereocenters. The van der Waals surface area contributed by atoms with Crippen LogP contribution in [-0.4, -0.2) is 27.8 Å². The Bertz CT molecular complexity index is 1400. The maximum atomic E-state index is 13.1. The van der Waals surface area contributed by atoms with Crippen molar-refractivity contribution in [2.45, 2.75) is 13.1 Å². The van der Waals surface area contributed by atoms with Crippen molar-refractivity contribution in [1.29, 1.82) is 0 Å². The van der Waals surface area contributed by atoms with Crippen LogP contribution in [-0.2, 0) is 6.18 Å². The number of aromatic nitrogens is 3. The number of ether oxygens (including phenoxy) is 1. The molecule has 0 fully saturated rings. The Morgan fingerprint density at radius 3 is 2.62 bits per heavy atom. The molecule has 0 aliphatic heterocycles. The summed E-state index contributed by atoms with van der Waals surface area (Å²) in [6.07, 6.45) is -4.54. The number of thiazole rings is 1. The second kappa shape index (κ2) is 8.08. The molecule has 7 nitrogen and oxygen atoms in total. The van der Waals surface area contributed by atoms with Crippen molar-refractivity contribution < 1.29 is 22.7 Å². The summed E-state index contributed by atoms with van der Waals surface area (Å²) in [6.45, 7) is 1.51. The topological polar surface area (TPSA) is 86.1 Å². The zero-order valence-electron chi connectivity index (χ0n) is 16.7. The van der Waals surface area contributed by atoms with Crippen molar-refractivity contribution in [3.05, 3.63) is 75.7 Å². The number of nitrogens with one attached hydrogen (secondary N) is 1. The Hall–Kier alpha value is -3.73. The van der Waals surface area contributed by atoms with Crippen molar-refractivity contribution in [3.63, 3.8) is 0 Å². The number of carbonyl (C=O) groups is 1. The van der Waals surface area contributed by atoms with E-state index in [9.17, 15) is 22.8 Å². The van der Waals surface area contributed by atoms with Crippen LogP contribution in [0.2, 0.25) is 0 Å². The first-order chi connectivity index (χ1) is 15.2. The van der Waals surface area contributed by atoms with Gasteiger partial charge in [-0.25, -0.2) is 9.67 Å². The molecular weight excluding hydrogens is 445 g/mol. The van der Waals surface area contributed by atoms with Crippen molar-refractivity contribution in [2.24, 2.45) is 0 Å². The Labute approximate surface area is 183 Å². The highest BCUT2D eigenvalue weighted by Crippen LogP contribution is 2.32. The number of halogens is 3. The number of benzene rings is 2. The molecule has 0 aliphatic carbocycles. The van der Waals surface area contributed by atoms with Crippen LogP contribution >= 0.6 is 11.3 Å². The van der Waals surface area contributed by atoms with Crippen molar-refractivity contribution >= 4 is 32.6 Å². The number of methoxy groups -OCH3 is 1. The molecule has 32 heavy (non-hydrogen) atoms. The normalized spacial score (nSPS) is 11.5. The van der Waals surface area contributed by atoms with Gasteiger partial charge in [-0.05, 0) is 37.3 Å². The number of aryl methyl sites for hydroxylation is 1. The number of alkyl halides is 3. The molecule has 0 atom stereocenters. The standard InChI is InChI=1S/C21H15F3N4O3S/c1-11-9-14(29)17(27-28(11)13-6-3-5-12(10-13)21(22,23)24)19(30)26-20-25-18-15(31-2)7-4-8-16(18)32-20/h3-10H,1-2H3,(H,25,26,30). The average Bonchev–Trinajstić information content (AvgIpc) is 3.15. The van der Waals surface area contributed by atoms with E-state index in [0.717, 1.165) is 27.6 Å². The van der Waals surface area contributed by atoms with Gasteiger partial charge in [0.2, 0.25) is 5.43 Å². The number of anilines is 1. The minimum atomic E-state index is -4.54. The van der Waals surface area contributed by atoms with Gasteiger partial charge in [0.25, 0.3) is 5.91 Å². The van der Waals surface area contributed by atoms with Gasteiger partial charge in [-0.15, -0.1) is 0 Å². The van der Waals surface area contributed by atoms with Crippen LogP contribution in [0.5, 0.6) is 5.75 Å². The van der Waals surface area contributed by atoms with Gasteiger partial charge >= 0.3 is 6.18 Å². The van der Waals surface area contributed by atoms with Crippen LogP contribution in [0.3, 0.4) is 0 Å². The molecule has 2 heterocycles. The van der Waals surface area contributed by atoms with E-state index in [1.165, 1.54) is 37.5 Å². The fourth-order valence-corrected chi connectivity index (χ4v) is 3.96. The Morgan fingerprint density at radius 1 is 1.16 bits per heavy atom. The first kappa shape index (κ1) is 21.5. The van der Waals surface area contributed by atoms with Crippen LogP contribution in [0.1, 0.15) is 21.7 Å². The second-order valence-corrected chi connectivity index (χ2v) is 7.77. The third kappa shape index (κ3) is 4.06. The lowest BCUT2D eigenvalue weighted by Gasteiger charge is -2.13. The molecule has 0 saturated carbocycles. The van der Waals surface area contributed by atoms with E-state index in [0.29, 0.717) is 11.3 Å². The van der Waals surface area contributed by atoms with E-state index in [1.54, 1.807) is 18.2 Å². The smallest absolute Gasteiger partial charge is 0.416 e. The Morgan fingerprint density at radius 2 is 1.91 bits per heavy atom. The van der Waals surface area contributed by atoms with Gasteiger partial charge in [0.05, 0.1) is 23.1 Å². The summed E-state index contributed by atoms with van der Waals surface area (Å²) in [4.78, 5) is 29.5. The van der Waals surface area contributed by atoms with E-state index in [1.807, 2.05) is 0 Å². The van der Waals surface area contributed by atoms with Crippen LogP contribution in [0.4, 0.5) is 18.3 Å². The molecule has 4 rings (SSSR count). The summed E-state index contributed by atoms with van der Waals surface area (Å²) < 4.78 is 46.4. The lowest BCUT2D eigenvalue weighted by molar-refractivity contribution is -0.137. The van der Waals surface area contributed by atoms with Crippen LogP contribution in [0, 0.1) is 6.92 Å². The largest absolute Gasteiger partial charge is 0.494 e. The highest BCUT2D eigenvalue weighted by molar-refractivity contribution is 7.22. The number of para-hydroxylation sites is 1. The molecule has 0 saturated heterocycles. The SMILES string of the molecule is COc1cccc2sc(NC(=O)c3nn(-c4cccc(C(F)(F)F)c4)c(C)cc3=O)nc12. The molecular formula is C21H15F3N4O3S. The van der Waals surface area contributed by atoms with Gasteiger partial charge in [-0.1, -0.05) is 23.5 Å². The maximum Gasteiger partial charge on any atom is 0.416 e. The predicted molar refractivity (Wildman–Crippen MR) is 114 cm³/mol. The predicted octanol–water partition coefficient (Wildman–Crippen LogP) is 4.43. The number of amides is 1.